The summed E-state index contributed by atoms with van der Waals surface area (Å²) in [7, 11) is 1.69. The van der Waals surface area contributed by atoms with Crippen LogP contribution in [0.2, 0.25) is 0 Å². The molecule has 0 aromatic heterocycles. The van der Waals surface area contributed by atoms with Gasteiger partial charge >= 0.3 is 0 Å². The summed E-state index contributed by atoms with van der Waals surface area (Å²) in [6.07, 6.45) is -0.810. The quantitative estimate of drug-likeness (QED) is 0.413. The highest BCUT2D eigenvalue weighted by atomic mass is 16.5. The van der Waals surface area contributed by atoms with Crippen LogP contribution in [0, 0.1) is 0 Å². The highest BCUT2D eigenvalue weighted by molar-refractivity contribution is 5.54. The van der Waals surface area contributed by atoms with Gasteiger partial charge in [0.25, 0.3) is 0 Å². The smallest absolute Gasteiger partial charge is 0.124 e. The molecule has 0 amide bonds. The predicted octanol–water partition coefficient (Wildman–Crippen LogP) is 3.85. The van der Waals surface area contributed by atoms with Gasteiger partial charge in [0.15, 0.2) is 0 Å². The van der Waals surface area contributed by atoms with Gasteiger partial charge in [0.05, 0.1) is 18.8 Å². The fourth-order valence-electron chi connectivity index (χ4n) is 3.78. The third-order valence-electron chi connectivity index (χ3n) is 4.85. The maximum atomic E-state index is 9.86. The second-order valence-corrected chi connectivity index (χ2v) is 6.89. The normalized spacial score (nSPS) is 13.7. The van der Waals surface area contributed by atoms with Crippen molar-refractivity contribution < 1.29 is 9.84 Å². The van der Waals surface area contributed by atoms with E-state index >= 15 is 0 Å². The molecule has 3 aromatic rings. The maximum Gasteiger partial charge on any atom is 0.124 e. The molecular weight excluding hydrogens is 348 g/mol. The Bertz CT molecular complexity index is 827. The Hall–Kier alpha value is -2.66. The first-order valence-electron chi connectivity index (χ1n) is 9.54. The predicted molar refractivity (Wildman–Crippen MR) is 113 cm³/mol. The van der Waals surface area contributed by atoms with Gasteiger partial charge < -0.3 is 9.84 Å². The van der Waals surface area contributed by atoms with Gasteiger partial charge in [-0.25, -0.2) is 0 Å². The van der Waals surface area contributed by atoms with E-state index in [1.807, 2.05) is 61.5 Å². The van der Waals surface area contributed by atoms with Crippen molar-refractivity contribution in [2.24, 2.45) is 0 Å². The van der Waals surface area contributed by atoms with Crippen molar-refractivity contribution in [3.63, 3.8) is 0 Å². The van der Waals surface area contributed by atoms with E-state index in [0.717, 1.165) is 22.4 Å². The molecule has 0 aliphatic carbocycles. The van der Waals surface area contributed by atoms with Gasteiger partial charge in [-0.2, -0.15) is 0 Å². The number of para-hydroxylation sites is 1. The first-order chi connectivity index (χ1) is 13.6. The van der Waals surface area contributed by atoms with E-state index in [1.165, 1.54) is 0 Å². The molecule has 0 heterocycles. The summed E-state index contributed by atoms with van der Waals surface area (Å²) in [6.45, 7) is 3.72. The van der Waals surface area contributed by atoms with Gasteiger partial charge in [-0.05, 0) is 31.0 Å². The van der Waals surface area contributed by atoms with Crippen molar-refractivity contribution in [1.29, 1.82) is 0 Å². The summed E-state index contributed by atoms with van der Waals surface area (Å²) >= 11 is 0. The van der Waals surface area contributed by atoms with Gasteiger partial charge in [-0.15, -0.1) is 0 Å². The number of aliphatic hydroxyl groups excluding tert-OH is 1. The van der Waals surface area contributed by atoms with E-state index in [0.29, 0.717) is 0 Å². The number of aliphatic hydroxyl groups is 1. The zero-order valence-electron chi connectivity index (χ0n) is 16.6. The Balaban J connectivity index is 2.29. The van der Waals surface area contributed by atoms with Crippen LogP contribution in [0.25, 0.3) is 0 Å². The molecule has 2 unspecified atom stereocenters. The first-order valence-corrected chi connectivity index (χ1v) is 9.54. The minimum Gasteiger partial charge on any atom is -0.496 e. The summed E-state index contributed by atoms with van der Waals surface area (Å²) in [6, 6.07) is 28.7. The lowest BCUT2D eigenvalue weighted by atomic mass is 9.76. The van der Waals surface area contributed by atoms with Crippen molar-refractivity contribution >= 4 is 0 Å². The molecule has 0 aliphatic heterocycles. The highest BCUT2D eigenvalue weighted by Crippen LogP contribution is 2.41. The van der Waals surface area contributed by atoms with Crippen LogP contribution in [0.15, 0.2) is 84.9 Å². The van der Waals surface area contributed by atoms with Gasteiger partial charge in [0, 0.05) is 5.56 Å². The summed E-state index contributed by atoms with van der Waals surface area (Å²) in [5.74, 6) is 0.798. The molecule has 3 aromatic carbocycles. The standard InChI is InChI=1S/C24H28N2O2/c1-18(25-19(2)27)26-24(20-12-6-4-7-13-20,21-14-8-5-9-15-21)22-16-10-11-17-23(22)28-3/h4-19,25-27H,1-3H3. The monoisotopic (exact) mass is 376 g/mol. The van der Waals surface area contributed by atoms with E-state index in [4.69, 9.17) is 4.74 Å². The van der Waals surface area contributed by atoms with Crippen molar-refractivity contribution in [3.05, 3.63) is 102 Å². The lowest BCUT2D eigenvalue weighted by Gasteiger charge is -2.40. The Morgan fingerprint density at radius 3 is 1.79 bits per heavy atom. The molecular formula is C24H28N2O2. The zero-order valence-corrected chi connectivity index (χ0v) is 16.6. The molecule has 0 aliphatic rings. The molecule has 28 heavy (non-hydrogen) atoms. The van der Waals surface area contributed by atoms with Crippen LogP contribution in [-0.2, 0) is 5.54 Å². The topological polar surface area (TPSA) is 53.5 Å². The molecule has 2 atom stereocenters. The number of hydrogen-bond donors (Lipinski definition) is 3. The number of benzene rings is 3. The van der Waals surface area contributed by atoms with Crippen LogP contribution in [0.4, 0.5) is 0 Å². The molecule has 0 saturated carbocycles. The summed E-state index contributed by atoms with van der Waals surface area (Å²) < 4.78 is 5.75. The molecule has 3 N–H and O–H groups in total. The van der Waals surface area contributed by atoms with Crippen molar-refractivity contribution in [3.8, 4) is 5.75 Å². The molecule has 0 saturated heterocycles. The third-order valence-corrected chi connectivity index (χ3v) is 4.85. The number of ether oxygens (including phenoxy) is 1. The molecule has 0 radical (unpaired) electrons. The van der Waals surface area contributed by atoms with Gasteiger partial charge in [0.1, 0.15) is 12.0 Å². The summed E-state index contributed by atoms with van der Waals surface area (Å²) in [5, 5.41) is 16.7. The Morgan fingerprint density at radius 2 is 1.29 bits per heavy atom. The number of methoxy groups -OCH3 is 1. The summed E-state index contributed by atoms with van der Waals surface area (Å²) in [5.41, 5.74) is 2.51. The molecule has 0 spiro atoms. The molecule has 4 nitrogen and oxygen atoms in total. The molecule has 0 bridgehead atoms. The van der Waals surface area contributed by atoms with Crippen LogP contribution < -0.4 is 15.4 Å². The van der Waals surface area contributed by atoms with Crippen LogP contribution in [0.1, 0.15) is 30.5 Å². The van der Waals surface area contributed by atoms with Crippen LogP contribution >= 0.6 is 0 Å². The van der Waals surface area contributed by atoms with E-state index in [-0.39, 0.29) is 6.17 Å². The number of nitrogens with one attached hydrogen (secondary N) is 2. The van der Waals surface area contributed by atoms with Crippen molar-refractivity contribution in [1.82, 2.24) is 10.6 Å². The first kappa shape index (κ1) is 20.1. The second kappa shape index (κ2) is 9.02. The fraction of sp³-hybridized carbons (Fsp3) is 0.250. The van der Waals surface area contributed by atoms with Gasteiger partial charge in [-0.1, -0.05) is 78.9 Å². The lowest BCUT2D eigenvalue weighted by Crippen LogP contribution is -2.55. The molecule has 3 rings (SSSR count). The van der Waals surface area contributed by atoms with E-state index in [2.05, 4.69) is 41.0 Å². The number of rotatable bonds is 8. The van der Waals surface area contributed by atoms with Crippen LogP contribution in [-0.4, -0.2) is 24.6 Å². The molecule has 146 valence electrons. The minimum absolute atomic E-state index is 0.176. The number of hydrogen-bond acceptors (Lipinski definition) is 4. The van der Waals surface area contributed by atoms with Gasteiger partial charge in [-0.3, -0.25) is 10.6 Å². The SMILES string of the molecule is COc1ccccc1C(NC(C)NC(C)O)(c1ccccc1)c1ccccc1. The third kappa shape index (κ3) is 4.09. The highest BCUT2D eigenvalue weighted by Gasteiger charge is 2.39. The van der Waals surface area contributed by atoms with Crippen LogP contribution in [0.5, 0.6) is 5.75 Å². The molecule has 4 heteroatoms. The Labute approximate surface area is 167 Å². The van der Waals surface area contributed by atoms with Crippen molar-refractivity contribution in [2.45, 2.75) is 31.8 Å². The molecule has 0 fully saturated rings. The van der Waals surface area contributed by atoms with Gasteiger partial charge in [0.2, 0.25) is 0 Å². The Morgan fingerprint density at radius 1 is 0.786 bits per heavy atom. The minimum atomic E-state index is -0.670. The Kier molecular flexibility index (Phi) is 6.47. The largest absolute Gasteiger partial charge is 0.496 e. The van der Waals surface area contributed by atoms with Crippen LogP contribution in [0.3, 0.4) is 0 Å². The maximum absolute atomic E-state index is 9.86. The lowest BCUT2D eigenvalue weighted by molar-refractivity contribution is 0.130. The fourth-order valence-corrected chi connectivity index (χ4v) is 3.78. The van der Waals surface area contributed by atoms with E-state index in [1.54, 1.807) is 14.0 Å². The van der Waals surface area contributed by atoms with E-state index < -0.39 is 11.8 Å². The summed E-state index contributed by atoms with van der Waals surface area (Å²) in [4.78, 5) is 0. The van der Waals surface area contributed by atoms with E-state index in [9.17, 15) is 5.11 Å². The second-order valence-electron chi connectivity index (χ2n) is 6.89. The van der Waals surface area contributed by atoms with Crippen molar-refractivity contribution in [2.75, 3.05) is 7.11 Å². The average molecular weight is 377 g/mol. The average Bonchev–Trinajstić information content (AvgIpc) is 2.73. The zero-order chi connectivity index (χ0) is 20.0.